The predicted octanol–water partition coefficient (Wildman–Crippen LogP) is -0.826. The summed E-state index contributed by atoms with van der Waals surface area (Å²) < 4.78 is 22.4. The number of nitrogens with two attached hydrogens (primary N) is 1. The summed E-state index contributed by atoms with van der Waals surface area (Å²) in [7, 11) is -3.78. The van der Waals surface area contributed by atoms with E-state index in [1.807, 2.05) is 0 Å². The van der Waals surface area contributed by atoms with Gasteiger partial charge in [-0.3, -0.25) is 4.79 Å². The van der Waals surface area contributed by atoms with Gasteiger partial charge in [0.05, 0.1) is 11.9 Å². The summed E-state index contributed by atoms with van der Waals surface area (Å²) in [5.74, 6) is -1.56. The number of carboxylic acid groups (broad SMARTS) is 1. The summed E-state index contributed by atoms with van der Waals surface area (Å²) in [6, 6.07) is 2.65. The molecule has 3 N–H and O–H groups in total. The number of rotatable bonds is 3. The van der Waals surface area contributed by atoms with Crippen molar-refractivity contribution in [1.29, 1.82) is 0 Å². The van der Waals surface area contributed by atoms with Crippen LogP contribution in [-0.2, 0) is 14.8 Å². The van der Waals surface area contributed by atoms with Crippen molar-refractivity contribution in [3.05, 3.63) is 24.0 Å². The molecule has 19 heavy (non-hydrogen) atoms. The number of nitrogens with zero attached hydrogens (tertiary/aromatic N) is 2. The van der Waals surface area contributed by atoms with Gasteiger partial charge in [0.1, 0.15) is 10.9 Å². The van der Waals surface area contributed by atoms with Gasteiger partial charge in [0.15, 0.2) is 0 Å². The van der Waals surface area contributed by atoms with E-state index in [-0.39, 0.29) is 24.6 Å². The SMILES string of the molecule is NS(=O)(=O)C1CC(=O)N(c2ccc(C(=O)O)nc2)C1. The first-order valence-corrected chi connectivity index (χ1v) is 6.91. The molecule has 1 amide bonds. The fraction of sp³-hybridized carbons (Fsp3) is 0.300. The van der Waals surface area contributed by atoms with E-state index in [9.17, 15) is 18.0 Å². The smallest absolute Gasteiger partial charge is 0.354 e. The number of amides is 1. The number of sulfonamides is 1. The topological polar surface area (TPSA) is 131 Å². The Labute approximate surface area is 108 Å². The van der Waals surface area contributed by atoms with Crippen molar-refractivity contribution >= 4 is 27.6 Å². The third-order valence-electron chi connectivity index (χ3n) is 2.83. The van der Waals surface area contributed by atoms with Crippen molar-refractivity contribution in [3.8, 4) is 0 Å². The molecule has 2 heterocycles. The number of carboxylic acids is 1. The maximum atomic E-state index is 11.7. The monoisotopic (exact) mass is 285 g/mol. The molecule has 0 bridgehead atoms. The number of aromatic nitrogens is 1. The lowest BCUT2D eigenvalue weighted by atomic mass is 10.3. The van der Waals surface area contributed by atoms with Crippen LogP contribution in [0.2, 0.25) is 0 Å². The molecule has 1 aromatic rings. The van der Waals surface area contributed by atoms with Gasteiger partial charge in [0.25, 0.3) is 0 Å². The van der Waals surface area contributed by atoms with Crippen molar-refractivity contribution in [1.82, 2.24) is 4.98 Å². The molecule has 0 saturated carbocycles. The molecule has 1 aliphatic rings. The Morgan fingerprint density at radius 2 is 2.16 bits per heavy atom. The van der Waals surface area contributed by atoms with Gasteiger partial charge < -0.3 is 10.0 Å². The second-order valence-corrected chi connectivity index (χ2v) is 5.97. The van der Waals surface area contributed by atoms with Gasteiger partial charge in [-0.2, -0.15) is 0 Å². The van der Waals surface area contributed by atoms with Crippen molar-refractivity contribution in [2.75, 3.05) is 11.4 Å². The molecule has 1 unspecified atom stereocenters. The van der Waals surface area contributed by atoms with E-state index in [4.69, 9.17) is 10.2 Å². The molecule has 1 fully saturated rings. The van der Waals surface area contributed by atoms with E-state index < -0.39 is 21.2 Å². The average molecular weight is 285 g/mol. The number of aromatic carboxylic acids is 1. The fourth-order valence-electron chi connectivity index (χ4n) is 1.82. The fourth-order valence-corrected chi connectivity index (χ4v) is 2.55. The van der Waals surface area contributed by atoms with Crippen LogP contribution < -0.4 is 10.0 Å². The van der Waals surface area contributed by atoms with Gasteiger partial charge in [0.2, 0.25) is 15.9 Å². The lowest BCUT2D eigenvalue weighted by Crippen LogP contribution is -2.32. The Balaban J connectivity index is 2.23. The quantitative estimate of drug-likeness (QED) is 0.745. The van der Waals surface area contributed by atoms with Crippen LogP contribution in [0.25, 0.3) is 0 Å². The number of pyridine rings is 1. The Morgan fingerprint density at radius 3 is 2.58 bits per heavy atom. The van der Waals surface area contributed by atoms with Gasteiger partial charge in [-0.05, 0) is 12.1 Å². The van der Waals surface area contributed by atoms with Crippen LogP contribution >= 0.6 is 0 Å². The molecule has 8 nitrogen and oxygen atoms in total. The summed E-state index contributed by atoms with van der Waals surface area (Å²) in [6.07, 6.45) is 1.03. The third kappa shape index (κ3) is 2.71. The zero-order valence-corrected chi connectivity index (χ0v) is 10.5. The molecule has 0 spiro atoms. The van der Waals surface area contributed by atoms with Gasteiger partial charge >= 0.3 is 5.97 Å². The zero-order valence-electron chi connectivity index (χ0n) is 9.68. The van der Waals surface area contributed by atoms with Crippen LogP contribution in [-0.4, -0.2) is 42.2 Å². The highest BCUT2D eigenvalue weighted by Gasteiger charge is 2.37. The van der Waals surface area contributed by atoms with E-state index in [1.165, 1.54) is 23.2 Å². The van der Waals surface area contributed by atoms with Gasteiger partial charge in [-0.15, -0.1) is 0 Å². The number of carbonyl (C=O) groups is 2. The van der Waals surface area contributed by atoms with Gasteiger partial charge in [0, 0.05) is 13.0 Å². The first-order chi connectivity index (χ1) is 8.79. The lowest BCUT2D eigenvalue weighted by Gasteiger charge is -2.15. The average Bonchev–Trinajstić information content (AvgIpc) is 2.71. The zero-order chi connectivity index (χ0) is 14.2. The molecule has 9 heteroatoms. The summed E-state index contributed by atoms with van der Waals surface area (Å²) in [5, 5.41) is 12.8. The molecule has 1 aromatic heterocycles. The normalized spacial score (nSPS) is 19.7. The van der Waals surface area contributed by atoms with E-state index >= 15 is 0 Å². The highest BCUT2D eigenvalue weighted by molar-refractivity contribution is 7.89. The van der Waals surface area contributed by atoms with Crippen LogP contribution in [0, 0.1) is 0 Å². The van der Waals surface area contributed by atoms with Crippen molar-refractivity contribution < 1.29 is 23.1 Å². The minimum absolute atomic E-state index is 0.0498. The van der Waals surface area contributed by atoms with Crippen LogP contribution in [0.15, 0.2) is 18.3 Å². The first-order valence-electron chi connectivity index (χ1n) is 5.30. The van der Waals surface area contributed by atoms with Crippen LogP contribution in [0.1, 0.15) is 16.9 Å². The Kier molecular flexibility index (Phi) is 3.25. The largest absolute Gasteiger partial charge is 0.477 e. The summed E-state index contributed by atoms with van der Waals surface area (Å²) in [6.45, 7) is -0.0498. The van der Waals surface area contributed by atoms with Gasteiger partial charge in [-0.25, -0.2) is 23.3 Å². The molecule has 0 aliphatic carbocycles. The van der Waals surface area contributed by atoms with E-state index in [2.05, 4.69) is 4.98 Å². The van der Waals surface area contributed by atoms with Crippen LogP contribution in [0.4, 0.5) is 5.69 Å². The number of primary sulfonamides is 1. The molecule has 1 atom stereocenters. The highest BCUT2D eigenvalue weighted by Crippen LogP contribution is 2.23. The van der Waals surface area contributed by atoms with Crippen molar-refractivity contribution in [3.63, 3.8) is 0 Å². The van der Waals surface area contributed by atoms with Gasteiger partial charge in [-0.1, -0.05) is 0 Å². The molecular weight excluding hydrogens is 274 g/mol. The number of anilines is 1. The predicted molar refractivity (Wildman–Crippen MR) is 65.1 cm³/mol. The number of hydrogen-bond donors (Lipinski definition) is 2. The Hall–Kier alpha value is -2.00. The maximum absolute atomic E-state index is 11.7. The minimum atomic E-state index is -3.78. The lowest BCUT2D eigenvalue weighted by molar-refractivity contribution is -0.117. The van der Waals surface area contributed by atoms with Crippen LogP contribution in [0.5, 0.6) is 0 Å². The van der Waals surface area contributed by atoms with E-state index in [0.717, 1.165) is 0 Å². The first kappa shape index (κ1) is 13.4. The molecule has 1 saturated heterocycles. The minimum Gasteiger partial charge on any atom is -0.477 e. The van der Waals surface area contributed by atoms with Crippen molar-refractivity contribution in [2.45, 2.75) is 11.7 Å². The molecule has 2 rings (SSSR count). The third-order valence-corrected chi connectivity index (χ3v) is 4.08. The second kappa shape index (κ2) is 4.59. The summed E-state index contributed by atoms with van der Waals surface area (Å²) >= 11 is 0. The molecule has 1 aliphatic heterocycles. The highest BCUT2D eigenvalue weighted by atomic mass is 32.2. The van der Waals surface area contributed by atoms with E-state index in [0.29, 0.717) is 5.69 Å². The summed E-state index contributed by atoms with van der Waals surface area (Å²) in [4.78, 5) is 27.3. The van der Waals surface area contributed by atoms with Crippen LogP contribution in [0.3, 0.4) is 0 Å². The molecule has 0 radical (unpaired) electrons. The number of hydrogen-bond acceptors (Lipinski definition) is 5. The number of carbonyl (C=O) groups excluding carboxylic acids is 1. The van der Waals surface area contributed by atoms with E-state index in [1.54, 1.807) is 0 Å². The summed E-state index contributed by atoms with van der Waals surface area (Å²) in [5.41, 5.74) is 0.194. The second-order valence-electron chi connectivity index (χ2n) is 4.13. The molecule has 0 aromatic carbocycles. The standard InChI is InChI=1S/C10H11N3O5S/c11-19(17,18)7-3-9(14)13(5-7)6-1-2-8(10(15)16)12-4-6/h1-2,4,7H,3,5H2,(H,15,16)(H2,11,17,18). The Morgan fingerprint density at radius 1 is 1.47 bits per heavy atom. The molecule has 102 valence electrons. The van der Waals surface area contributed by atoms with Crippen molar-refractivity contribution in [2.24, 2.45) is 5.14 Å². The Bertz CT molecular complexity index is 625. The maximum Gasteiger partial charge on any atom is 0.354 e. The molecular formula is C10H11N3O5S.